The Labute approximate surface area is 184 Å². The number of nitrogens with one attached hydrogen (secondary N) is 2. The van der Waals surface area contributed by atoms with Crippen LogP contribution in [0.15, 0.2) is 0 Å². The van der Waals surface area contributed by atoms with Crippen LogP contribution in [0.1, 0.15) is 51.9 Å². The summed E-state index contributed by atoms with van der Waals surface area (Å²) in [5, 5.41) is 4.07. The van der Waals surface area contributed by atoms with Crippen molar-refractivity contribution in [1.29, 1.82) is 0 Å². The van der Waals surface area contributed by atoms with Gasteiger partial charge in [-0.25, -0.2) is 14.8 Å². The molecule has 0 unspecified atom stereocenters. The lowest BCUT2D eigenvalue weighted by molar-refractivity contribution is 0.0538. The third-order valence-electron chi connectivity index (χ3n) is 5.14. The molecule has 164 valence electrons. The smallest absolute Gasteiger partial charge is 0.350 e. The van der Waals surface area contributed by atoms with E-state index >= 15 is 0 Å². The Morgan fingerprint density at radius 2 is 2.07 bits per heavy atom. The summed E-state index contributed by atoms with van der Waals surface area (Å²) in [6, 6.07) is -0.182. The van der Waals surface area contributed by atoms with E-state index in [0.29, 0.717) is 42.4 Å². The Morgan fingerprint density at radius 3 is 2.67 bits per heavy atom. The molecule has 2 aromatic rings. The van der Waals surface area contributed by atoms with Gasteiger partial charge in [-0.1, -0.05) is 36.8 Å². The first-order valence-electron chi connectivity index (χ1n) is 9.82. The van der Waals surface area contributed by atoms with Crippen molar-refractivity contribution in [1.82, 2.24) is 20.3 Å². The lowest BCUT2D eigenvalue weighted by atomic mass is 10.0. The second-order valence-electron chi connectivity index (χ2n) is 6.91. The average molecular weight is 456 g/mol. The number of amides is 1. The van der Waals surface area contributed by atoms with E-state index in [9.17, 15) is 9.59 Å². The van der Waals surface area contributed by atoms with Crippen LogP contribution >= 0.6 is 22.9 Å². The number of methoxy groups -OCH3 is 2. The molecule has 2 atom stereocenters. The number of H-pyrrole nitrogens is 1. The molecular weight excluding hydrogens is 430 g/mol. The number of esters is 1. The highest BCUT2D eigenvalue weighted by molar-refractivity contribution is 7.17. The summed E-state index contributed by atoms with van der Waals surface area (Å²) in [4.78, 5) is 38.9. The van der Waals surface area contributed by atoms with E-state index in [1.54, 1.807) is 7.11 Å². The molecule has 2 N–H and O–H groups in total. The number of aromatic nitrogens is 3. The van der Waals surface area contributed by atoms with Gasteiger partial charge in [0.15, 0.2) is 16.1 Å². The van der Waals surface area contributed by atoms with E-state index in [1.807, 2.05) is 13.8 Å². The van der Waals surface area contributed by atoms with Gasteiger partial charge in [0.2, 0.25) is 0 Å². The molecule has 1 fully saturated rings. The molecule has 3 rings (SSSR count). The van der Waals surface area contributed by atoms with Crippen molar-refractivity contribution in [2.24, 2.45) is 0 Å². The second kappa shape index (κ2) is 9.76. The van der Waals surface area contributed by atoms with Gasteiger partial charge in [-0.3, -0.25) is 4.79 Å². The van der Waals surface area contributed by atoms with E-state index < -0.39 is 0 Å². The zero-order valence-electron chi connectivity index (χ0n) is 17.5. The fourth-order valence-corrected chi connectivity index (χ4v) is 4.80. The maximum absolute atomic E-state index is 12.6. The molecule has 3 heterocycles. The summed E-state index contributed by atoms with van der Waals surface area (Å²) < 4.78 is 10.5. The monoisotopic (exact) mass is 455 g/mol. The number of aromatic amines is 1. The first kappa shape index (κ1) is 22.5. The number of carbonyl (C=O) groups is 2. The van der Waals surface area contributed by atoms with Gasteiger partial charge in [-0.2, -0.15) is 0 Å². The highest BCUT2D eigenvalue weighted by atomic mass is 35.5. The van der Waals surface area contributed by atoms with E-state index in [4.69, 9.17) is 21.1 Å². The van der Waals surface area contributed by atoms with Crippen LogP contribution in [0.4, 0.5) is 5.13 Å². The Bertz CT molecular complexity index is 915. The highest BCUT2D eigenvalue weighted by Gasteiger charge is 2.33. The molecular formula is C19H26ClN5O4S. The summed E-state index contributed by atoms with van der Waals surface area (Å²) in [6.45, 7) is 5.10. The van der Waals surface area contributed by atoms with Crippen LogP contribution in [0.5, 0.6) is 0 Å². The van der Waals surface area contributed by atoms with E-state index in [-0.39, 0.29) is 29.8 Å². The molecule has 1 amide bonds. The number of imidazole rings is 1. The number of rotatable bonds is 7. The van der Waals surface area contributed by atoms with Gasteiger partial charge in [0.25, 0.3) is 5.91 Å². The molecule has 1 saturated heterocycles. The van der Waals surface area contributed by atoms with Gasteiger partial charge in [0.1, 0.15) is 4.88 Å². The Hall–Kier alpha value is -2.17. The quantitative estimate of drug-likeness (QED) is 0.617. The van der Waals surface area contributed by atoms with E-state index in [1.165, 1.54) is 18.4 Å². The Morgan fingerprint density at radius 1 is 1.30 bits per heavy atom. The number of hydrogen-bond donors (Lipinski definition) is 2. The van der Waals surface area contributed by atoms with Crippen molar-refractivity contribution in [2.75, 3.05) is 32.2 Å². The normalized spacial score (nSPS) is 19.0. The molecule has 0 saturated carbocycles. The fraction of sp³-hybridized carbons (Fsp3) is 0.579. The zero-order valence-corrected chi connectivity index (χ0v) is 19.0. The number of hydrogen-bond acceptors (Lipinski definition) is 8. The minimum absolute atomic E-state index is 0.182. The third kappa shape index (κ3) is 4.60. The lowest BCUT2D eigenvalue weighted by Crippen LogP contribution is -2.55. The van der Waals surface area contributed by atoms with Crippen LogP contribution in [0.2, 0.25) is 5.15 Å². The molecule has 0 bridgehead atoms. The predicted octanol–water partition coefficient (Wildman–Crippen LogP) is 2.45. The van der Waals surface area contributed by atoms with Crippen LogP contribution in [0, 0.1) is 0 Å². The third-order valence-corrected chi connectivity index (χ3v) is 6.59. The summed E-state index contributed by atoms with van der Waals surface area (Å²) in [5.41, 5.74) is 1.46. The Balaban J connectivity index is 1.69. The number of aryl methyl sites for hydroxylation is 2. The van der Waals surface area contributed by atoms with Gasteiger partial charge >= 0.3 is 5.97 Å². The molecule has 9 nitrogen and oxygen atoms in total. The minimum atomic E-state index is -0.371. The van der Waals surface area contributed by atoms with Crippen molar-refractivity contribution in [3.63, 3.8) is 0 Å². The van der Waals surface area contributed by atoms with Crippen LogP contribution < -0.4 is 10.2 Å². The van der Waals surface area contributed by atoms with Crippen LogP contribution in [-0.4, -0.2) is 66.3 Å². The summed E-state index contributed by atoms with van der Waals surface area (Å²) in [6.07, 6.45) is 1.73. The van der Waals surface area contributed by atoms with Gasteiger partial charge < -0.3 is 24.7 Å². The molecule has 1 aliphatic heterocycles. The SMILES string of the molecule is CCc1nc(N2CC[C@H](NC(=O)c3nc(Cl)c(CC)[nH]3)[C@H](OC)C2)sc1C(=O)OC. The average Bonchev–Trinajstić information content (AvgIpc) is 3.36. The van der Waals surface area contributed by atoms with Crippen molar-refractivity contribution in [3.8, 4) is 0 Å². The van der Waals surface area contributed by atoms with Gasteiger partial charge in [-0.15, -0.1) is 0 Å². The van der Waals surface area contributed by atoms with Crippen molar-refractivity contribution in [2.45, 2.75) is 45.3 Å². The predicted molar refractivity (Wildman–Crippen MR) is 115 cm³/mol. The first-order valence-corrected chi connectivity index (χ1v) is 11.0. The number of halogens is 1. The largest absolute Gasteiger partial charge is 0.465 e. The summed E-state index contributed by atoms with van der Waals surface area (Å²) in [7, 11) is 2.98. The number of nitrogens with zero attached hydrogens (tertiary/aromatic N) is 3. The summed E-state index contributed by atoms with van der Waals surface area (Å²) in [5.74, 6) is -0.485. The number of carbonyl (C=O) groups excluding carboxylic acids is 2. The van der Waals surface area contributed by atoms with Gasteiger partial charge in [0, 0.05) is 20.2 Å². The zero-order chi connectivity index (χ0) is 21.8. The van der Waals surface area contributed by atoms with Crippen LogP contribution in [0.3, 0.4) is 0 Å². The van der Waals surface area contributed by atoms with Crippen LogP contribution in [0.25, 0.3) is 0 Å². The fourth-order valence-electron chi connectivity index (χ4n) is 3.43. The second-order valence-corrected chi connectivity index (χ2v) is 8.25. The lowest BCUT2D eigenvalue weighted by Gasteiger charge is -2.37. The number of anilines is 1. The molecule has 2 aromatic heterocycles. The molecule has 0 radical (unpaired) electrons. The molecule has 0 aliphatic carbocycles. The topological polar surface area (TPSA) is 109 Å². The summed E-state index contributed by atoms with van der Waals surface area (Å²) >= 11 is 7.36. The minimum Gasteiger partial charge on any atom is -0.465 e. The van der Waals surface area contributed by atoms with Crippen molar-refractivity contribution < 1.29 is 19.1 Å². The standard InChI is InChI=1S/C19H26ClN5O4S/c1-5-10-14(18(27)29-4)30-19(23-10)25-8-7-12(13(9-25)28-3)22-17(26)16-21-11(6-2)15(20)24-16/h12-13H,5-9H2,1-4H3,(H,21,24)(H,22,26)/t12-,13+/m0/s1. The molecule has 0 spiro atoms. The Kier molecular flexibility index (Phi) is 7.32. The maximum Gasteiger partial charge on any atom is 0.350 e. The molecule has 11 heteroatoms. The number of thiazole rings is 1. The van der Waals surface area contributed by atoms with E-state index in [0.717, 1.165) is 16.5 Å². The molecule has 30 heavy (non-hydrogen) atoms. The van der Waals surface area contributed by atoms with Crippen molar-refractivity contribution in [3.05, 3.63) is 27.2 Å². The van der Waals surface area contributed by atoms with Gasteiger partial charge in [-0.05, 0) is 19.3 Å². The number of ether oxygens (including phenoxy) is 2. The highest BCUT2D eigenvalue weighted by Crippen LogP contribution is 2.30. The van der Waals surface area contributed by atoms with E-state index in [2.05, 4.69) is 25.2 Å². The van der Waals surface area contributed by atoms with Crippen LogP contribution in [-0.2, 0) is 22.3 Å². The van der Waals surface area contributed by atoms with Crippen molar-refractivity contribution >= 4 is 39.9 Å². The number of piperidine rings is 1. The van der Waals surface area contributed by atoms with Gasteiger partial charge in [0.05, 0.1) is 30.6 Å². The first-order chi connectivity index (χ1) is 14.4. The molecule has 1 aliphatic rings. The molecule has 0 aromatic carbocycles. The maximum atomic E-state index is 12.6.